The smallest absolute Gasteiger partial charge is 0.271 e. The maximum atomic E-state index is 12.3. The molecular weight excluding hydrogens is 302 g/mol. The fourth-order valence-corrected chi connectivity index (χ4v) is 2.54. The number of aromatic nitrogens is 4. The molecule has 24 heavy (non-hydrogen) atoms. The van der Waals surface area contributed by atoms with Crippen molar-refractivity contribution in [1.29, 1.82) is 0 Å². The lowest BCUT2D eigenvalue weighted by Gasteiger charge is -2.14. The van der Waals surface area contributed by atoms with E-state index in [1.807, 2.05) is 55.8 Å². The molecule has 0 radical (unpaired) electrons. The highest BCUT2D eigenvalue weighted by molar-refractivity contribution is 5.92. The molecule has 3 rings (SSSR count). The normalized spacial score (nSPS) is 12.0. The van der Waals surface area contributed by atoms with E-state index >= 15 is 0 Å². The van der Waals surface area contributed by atoms with Gasteiger partial charge in [-0.3, -0.25) is 9.78 Å². The quantitative estimate of drug-likeness (QED) is 0.802. The average Bonchev–Trinajstić information content (AvgIpc) is 2.98. The van der Waals surface area contributed by atoms with E-state index < -0.39 is 0 Å². The van der Waals surface area contributed by atoms with Crippen molar-refractivity contribution < 1.29 is 4.79 Å². The molecule has 0 saturated heterocycles. The molecule has 0 aliphatic carbocycles. The van der Waals surface area contributed by atoms with E-state index in [-0.39, 0.29) is 11.9 Å². The van der Waals surface area contributed by atoms with Gasteiger partial charge in [-0.1, -0.05) is 18.2 Å². The van der Waals surface area contributed by atoms with Crippen molar-refractivity contribution in [2.24, 2.45) is 0 Å². The van der Waals surface area contributed by atoms with Crippen molar-refractivity contribution in [3.05, 3.63) is 71.6 Å². The van der Waals surface area contributed by atoms with Gasteiger partial charge in [0.05, 0.1) is 29.8 Å². The van der Waals surface area contributed by atoms with Gasteiger partial charge in [0.15, 0.2) is 0 Å². The van der Waals surface area contributed by atoms with Crippen LogP contribution in [0.5, 0.6) is 0 Å². The number of carbonyl (C=O) groups is 1. The molecular formula is C18H19N5O. The second kappa shape index (κ2) is 6.62. The average molecular weight is 321 g/mol. The Kier molecular flexibility index (Phi) is 4.37. The SMILES string of the molecule is Cc1cnc(C(=O)NC(C)c2cnn(-c3ccccc3)c2C)cn1. The van der Waals surface area contributed by atoms with Gasteiger partial charge in [-0.15, -0.1) is 0 Å². The number of aryl methyl sites for hydroxylation is 1. The van der Waals surface area contributed by atoms with Gasteiger partial charge in [0.25, 0.3) is 5.91 Å². The van der Waals surface area contributed by atoms with Crippen LogP contribution in [0, 0.1) is 13.8 Å². The van der Waals surface area contributed by atoms with E-state index in [2.05, 4.69) is 20.4 Å². The van der Waals surface area contributed by atoms with Gasteiger partial charge in [0, 0.05) is 17.5 Å². The largest absolute Gasteiger partial charge is 0.344 e. The predicted molar refractivity (Wildman–Crippen MR) is 91.0 cm³/mol. The Hall–Kier alpha value is -3.02. The van der Waals surface area contributed by atoms with Crippen LogP contribution in [0.25, 0.3) is 5.69 Å². The van der Waals surface area contributed by atoms with Gasteiger partial charge < -0.3 is 5.32 Å². The Morgan fingerprint density at radius 1 is 1.08 bits per heavy atom. The summed E-state index contributed by atoms with van der Waals surface area (Å²) in [5.74, 6) is -0.248. The molecule has 2 heterocycles. The number of carbonyl (C=O) groups excluding carboxylic acids is 1. The second-order valence-corrected chi connectivity index (χ2v) is 5.67. The summed E-state index contributed by atoms with van der Waals surface area (Å²) in [4.78, 5) is 20.5. The molecule has 122 valence electrons. The molecule has 0 fully saturated rings. The molecule has 0 aliphatic heterocycles. The van der Waals surface area contributed by atoms with Crippen LogP contribution in [0.1, 0.15) is 40.4 Å². The third-order valence-electron chi connectivity index (χ3n) is 3.88. The van der Waals surface area contributed by atoms with Crippen molar-refractivity contribution in [2.75, 3.05) is 0 Å². The molecule has 1 atom stereocenters. The molecule has 1 unspecified atom stereocenters. The highest BCUT2D eigenvalue weighted by Gasteiger charge is 2.17. The molecule has 0 aliphatic rings. The zero-order valence-electron chi connectivity index (χ0n) is 13.9. The molecule has 0 saturated carbocycles. The summed E-state index contributed by atoms with van der Waals surface area (Å²) in [6, 6.07) is 9.71. The third kappa shape index (κ3) is 3.17. The second-order valence-electron chi connectivity index (χ2n) is 5.67. The molecule has 1 amide bonds. The third-order valence-corrected chi connectivity index (χ3v) is 3.88. The lowest BCUT2D eigenvalue weighted by atomic mass is 10.1. The summed E-state index contributed by atoms with van der Waals surface area (Å²) in [5, 5.41) is 7.38. The summed E-state index contributed by atoms with van der Waals surface area (Å²) < 4.78 is 1.86. The maximum Gasteiger partial charge on any atom is 0.271 e. The number of nitrogens with zero attached hydrogens (tertiary/aromatic N) is 4. The zero-order valence-corrected chi connectivity index (χ0v) is 13.9. The Bertz CT molecular complexity index is 840. The number of amides is 1. The van der Waals surface area contributed by atoms with Gasteiger partial charge in [0.2, 0.25) is 0 Å². The van der Waals surface area contributed by atoms with E-state index in [4.69, 9.17) is 0 Å². The monoisotopic (exact) mass is 321 g/mol. The van der Waals surface area contributed by atoms with Gasteiger partial charge in [-0.2, -0.15) is 5.10 Å². The van der Waals surface area contributed by atoms with E-state index in [0.29, 0.717) is 5.69 Å². The first-order valence-corrected chi connectivity index (χ1v) is 7.75. The van der Waals surface area contributed by atoms with Crippen molar-refractivity contribution >= 4 is 5.91 Å². The van der Waals surface area contributed by atoms with Crippen LogP contribution in [0.3, 0.4) is 0 Å². The molecule has 1 aromatic carbocycles. The van der Waals surface area contributed by atoms with Crippen molar-refractivity contribution in [3.8, 4) is 5.69 Å². The van der Waals surface area contributed by atoms with Crippen LogP contribution in [0.15, 0.2) is 48.9 Å². The number of benzene rings is 1. The van der Waals surface area contributed by atoms with Crippen LogP contribution in [-0.2, 0) is 0 Å². The number of hydrogen-bond acceptors (Lipinski definition) is 4. The van der Waals surface area contributed by atoms with E-state index in [9.17, 15) is 4.79 Å². The number of para-hydroxylation sites is 1. The fourth-order valence-electron chi connectivity index (χ4n) is 2.54. The zero-order chi connectivity index (χ0) is 17.1. The van der Waals surface area contributed by atoms with Gasteiger partial charge in [-0.25, -0.2) is 9.67 Å². The summed E-state index contributed by atoms with van der Waals surface area (Å²) in [5.41, 5.74) is 4.03. The highest BCUT2D eigenvalue weighted by Crippen LogP contribution is 2.20. The summed E-state index contributed by atoms with van der Waals surface area (Å²) in [6.45, 7) is 5.75. The standard InChI is InChI=1S/C18H19N5O/c1-12-9-20-17(11-19-12)18(24)22-13(2)16-10-21-23(14(16)3)15-7-5-4-6-8-15/h4-11,13H,1-3H3,(H,22,24). The fraction of sp³-hybridized carbons (Fsp3) is 0.222. The molecule has 3 aromatic rings. The topological polar surface area (TPSA) is 72.7 Å². The number of rotatable bonds is 4. The minimum absolute atomic E-state index is 0.182. The van der Waals surface area contributed by atoms with Gasteiger partial charge in [-0.05, 0) is 32.9 Å². The highest BCUT2D eigenvalue weighted by atomic mass is 16.1. The van der Waals surface area contributed by atoms with Crippen LogP contribution >= 0.6 is 0 Å². The molecule has 2 aromatic heterocycles. The Balaban J connectivity index is 1.78. The maximum absolute atomic E-state index is 12.3. The Labute approximate surface area is 140 Å². The van der Waals surface area contributed by atoms with E-state index in [0.717, 1.165) is 22.6 Å². The van der Waals surface area contributed by atoms with E-state index in [1.165, 1.54) is 6.20 Å². The lowest BCUT2D eigenvalue weighted by molar-refractivity contribution is 0.0934. The minimum atomic E-state index is -0.248. The molecule has 0 bridgehead atoms. The van der Waals surface area contributed by atoms with Gasteiger partial charge in [0.1, 0.15) is 5.69 Å². The molecule has 6 heteroatoms. The van der Waals surface area contributed by atoms with E-state index in [1.54, 1.807) is 12.4 Å². The molecule has 1 N–H and O–H groups in total. The summed E-state index contributed by atoms with van der Waals surface area (Å²) in [6.07, 6.45) is 4.85. The van der Waals surface area contributed by atoms with Crippen LogP contribution < -0.4 is 5.32 Å². The predicted octanol–water partition coefficient (Wildman–Crippen LogP) is 2.77. The van der Waals surface area contributed by atoms with Crippen LogP contribution in [0.2, 0.25) is 0 Å². The first-order chi connectivity index (χ1) is 11.6. The summed E-state index contributed by atoms with van der Waals surface area (Å²) in [7, 11) is 0. The van der Waals surface area contributed by atoms with Crippen molar-refractivity contribution in [3.63, 3.8) is 0 Å². The Morgan fingerprint density at radius 2 is 1.83 bits per heavy atom. The van der Waals surface area contributed by atoms with Crippen molar-refractivity contribution in [1.82, 2.24) is 25.1 Å². The summed E-state index contributed by atoms with van der Waals surface area (Å²) >= 11 is 0. The number of hydrogen-bond donors (Lipinski definition) is 1. The minimum Gasteiger partial charge on any atom is -0.344 e. The van der Waals surface area contributed by atoms with Crippen LogP contribution in [0.4, 0.5) is 0 Å². The van der Waals surface area contributed by atoms with Crippen LogP contribution in [-0.4, -0.2) is 25.7 Å². The molecule has 6 nitrogen and oxygen atoms in total. The van der Waals surface area contributed by atoms with Crippen molar-refractivity contribution in [2.45, 2.75) is 26.8 Å². The number of nitrogens with one attached hydrogen (secondary N) is 1. The van der Waals surface area contributed by atoms with Gasteiger partial charge >= 0.3 is 0 Å². The first-order valence-electron chi connectivity index (χ1n) is 7.75. The molecule has 0 spiro atoms. The Morgan fingerprint density at radius 3 is 2.50 bits per heavy atom. The first kappa shape index (κ1) is 15.9. The lowest BCUT2D eigenvalue weighted by Crippen LogP contribution is -2.27.